The van der Waals surface area contributed by atoms with Crippen molar-refractivity contribution in [2.45, 2.75) is 6.92 Å². The molecule has 134 valence electrons. The number of carbonyl (C=O) groups is 3. The lowest BCUT2D eigenvalue weighted by Crippen LogP contribution is -2.34. The van der Waals surface area contributed by atoms with Gasteiger partial charge in [-0.05, 0) is 68.3 Å². The van der Waals surface area contributed by atoms with Crippen LogP contribution < -0.4 is 4.74 Å². The molecular weight excluding hydrogens is 482 g/mol. The van der Waals surface area contributed by atoms with Crippen LogP contribution in [0.1, 0.15) is 12.5 Å². The highest BCUT2D eigenvalue weighted by atomic mass is 79.9. The molecule has 1 aromatic carbocycles. The number of hydrogen-bond acceptors (Lipinski definition) is 7. The molecule has 25 heavy (non-hydrogen) atoms. The minimum atomic E-state index is -0.652. The summed E-state index contributed by atoms with van der Waals surface area (Å²) in [5.41, 5.74) is 0.517. The Balaban J connectivity index is 2.34. The number of benzene rings is 1. The summed E-state index contributed by atoms with van der Waals surface area (Å²) in [7, 11) is 1.40. The second-order valence-corrected chi connectivity index (χ2v) is 7.30. The van der Waals surface area contributed by atoms with Crippen molar-refractivity contribution < 1.29 is 29.0 Å². The first-order chi connectivity index (χ1) is 11.8. The first-order valence-corrected chi connectivity index (χ1v) is 9.36. The zero-order valence-corrected chi connectivity index (χ0v) is 17.2. The molecule has 0 atom stereocenters. The van der Waals surface area contributed by atoms with E-state index in [0.29, 0.717) is 14.5 Å². The van der Waals surface area contributed by atoms with Crippen LogP contribution in [0, 0.1) is 0 Å². The van der Waals surface area contributed by atoms with E-state index in [1.165, 1.54) is 19.3 Å². The van der Waals surface area contributed by atoms with Crippen molar-refractivity contribution in [3.05, 3.63) is 25.5 Å². The Labute approximate surface area is 164 Å². The average Bonchev–Trinajstić information content (AvgIpc) is 2.83. The van der Waals surface area contributed by atoms with Gasteiger partial charge in [-0.2, -0.15) is 0 Å². The van der Waals surface area contributed by atoms with Gasteiger partial charge in [-0.3, -0.25) is 19.3 Å². The maximum absolute atomic E-state index is 12.4. The molecule has 2 amide bonds. The molecule has 0 bridgehead atoms. The normalized spacial score (nSPS) is 15.8. The van der Waals surface area contributed by atoms with Gasteiger partial charge in [0.05, 0.1) is 23.1 Å². The fourth-order valence-electron chi connectivity index (χ4n) is 1.99. The van der Waals surface area contributed by atoms with Crippen molar-refractivity contribution in [1.29, 1.82) is 0 Å². The Bertz CT molecular complexity index is 780. The quantitative estimate of drug-likeness (QED) is 0.494. The lowest BCUT2D eigenvalue weighted by atomic mass is 10.2. The van der Waals surface area contributed by atoms with E-state index >= 15 is 0 Å². The van der Waals surface area contributed by atoms with Gasteiger partial charge in [0.1, 0.15) is 6.54 Å². The summed E-state index contributed by atoms with van der Waals surface area (Å²) in [5.74, 6) is -1.13. The number of amides is 2. The molecule has 0 unspecified atom stereocenters. The van der Waals surface area contributed by atoms with Gasteiger partial charge >= 0.3 is 5.97 Å². The topological polar surface area (TPSA) is 93.1 Å². The number of aromatic hydroxyl groups is 1. The summed E-state index contributed by atoms with van der Waals surface area (Å²) in [4.78, 5) is 36.9. The summed E-state index contributed by atoms with van der Waals surface area (Å²) in [5, 5.41) is 9.39. The van der Waals surface area contributed by atoms with Gasteiger partial charge in [-0.1, -0.05) is 0 Å². The number of hydrogen-bond donors (Lipinski definition) is 1. The first-order valence-electron chi connectivity index (χ1n) is 6.96. The molecule has 2 rings (SSSR count). The lowest BCUT2D eigenvalue weighted by molar-refractivity contribution is -0.145. The molecule has 0 radical (unpaired) electrons. The maximum Gasteiger partial charge on any atom is 0.326 e. The third-order valence-electron chi connectivity index (χ3n) is 3.15. The molecule has 0 aromatic heterocycles. The number of phenols is 1. The average molecular weight is 495 g/mol. The highest BCUT2D eigenvalue weighted by Crippen LogP contribution is 2.43. The standard InChI is InChI=1S/C15H13Br2NO6S/c1-3-24-10(19)6-18-14(21)9(25-15(18)22)5-7-4-8(23-2)13(20)12(17)11(7)16/h4-5,20H,3,6H2,1-2H3/b9-5-. The van der Waals surface area contributed by atoms with Crippen molar-refractivity contribution in [3.8, 4) is 11.5 Å². The van der Waals surface area contributed by atoms with E-state index in [-0.39, 0.29) is 23.0 Å². The lowest BCUT2D eigenvalue weighted by Gasteiger charge is -2.11. The fraction of sp³-hybridized carbons (Fsp3) is 0.267. The van der Waals surface area contributed by atoms with Crippen LogP contribution in [0.4, 0.5) is 4.79 Å². The Morgan fingerprint density at radius 3 is 2.64 bits per heavy atom. The molecule has 0 spiro atoms. The van der Waals surface area contributed by atoms with E-state index < -0.39 is 23.7 Å². The van der Waals surface area contributed by atoms with Crippen LogP contribution in [0.2, 0.25) is 0 Å². The number of carbonyl (C=O) groups excluding carboxylic acids is 3. The molecule has 1 aliphatic rings. The summed E-state index contributed by atoms with van der Waals surface area (Å²) < 4.78 is 10.7. The van der Waals surface area contributed by atoms with Gasteiger partial charge in [0, 0.05) is 4.47 Å². The Morgan fingerprint density at radius 1 is 1.36 bits per heavy atom. The Kier molecular flexibility index (Phi) is 6.53. The molecule has 1 aliphatic heterocycles. The van der Waals surface area contributed by atoms with Crippen LogP contribution in [-0.4, -0.2) is 47.4 Å². The maximum atomic E-state index is 12.4. The van der Waals surface area contributed by atoms with E-state index in [1.54, 1.807) is 6.92 Å². The van der Waals surface area contributed by atoms with Crippen molar-refractivity contribution >= 4 is 66.8 Å². The number of esters is 1. The van der Waals surface area contributed by atoms with Crippen molar-refractivity contribution in [3.63, 3.8) is 0 Å². The van der Waals surface area contributed by atoms with Gasteiger partial charge in [-0.25, -0.2) is 0 Å². The number of thioether (sulfide) groups is 1. The third-order valence-corrected chi connectivity index (χ3v) is 6.21. The molecule has 10 heteroatoms. The first kappa shape index (κ1) is 19.8. The number of ether oxygens (including phenoxy) is 2. The van der Waals surface area contributed by atoms with Gasteiger partial charge in [0.2, 0.25) is 0 Å². The molecule has 0 saturated carbocycles. The van der Waals surface area contributed by atoms with E-state index in [0.717, 1.165) is 16.7 Å². The third kappa shape index (κ3) is 4.18. The number of methoxy groups -OCH3 is 1. The SMILES string of the molecule is CCOC(=O)CN1C(=O)S/C(=C\c2cc(OC)c(O)c(Br)c2Br)C1=O. The zero-order chi connectivity index (χ0) is 18.7. The van der Waals surface area contributed by atoms with E-state index in [9.17, 15) is 19.5 Å². The monoisotopic (exact) mass is 493 g/mol. The molecule has 1 saturated heterocycles. The summed E-state index contributed by atoms with van der Waals surface area (Å²) in [6.45, 7) is 1.37. The smallest absolute Gasteiger partial charge is 0.326 e. The predicted molar refractivity (Wildman–Crippen MR) is 99.4 cm³/mol. The molecule has 1 heterocycles. The molecule has 1 aromatic rings. The van der Waals surface area contributed by atoms with E-state index in [4.69, 9.17) is 9.47 Å². The minimum absolute atomic E-state index is 0.0954. The second-order valence-electron chi connectivity index (χ2n) is 4.72. The van der Waals surface area contributed by atoms with Crippen molar-refractivity contribution in [1.82, 2.24) is 4.90 Å². The molecule has 1 N–H and O–H groups in total. The van der Waals surface area contributed by atoms with Gasteiger partial charge in [0.25, 0.3) is 11.1 Å². The second kappa shape index (κ2) is 8.24. The van der Waals surface area contributed by atoms with Crippen LogP contribution in [-0.2, 0) is 14.3 Å². The number of nitrogens with zero attached hydrogens (tertiary/aromatic N) is 1. The predicted octanol–water partition coefficient (Wildman–Crippen LogP) is 3.53. The van der Waals surface area contributed by atoms with E-state index in [1.807, 2.05) is 0 Å². The minimum Gasteiger partial charge on any atom is -0.503 e. The summed E-state index contributed by atoms with van der Waals surface area (Å²) in [6, 6.07) is 1.52. The molecular formula is C15H13Br2NO6S. The zero-order valence-electron chi connectivity index (χ0n) is 13.2. The number of rotatable bonds is 5. The van der Waals surface area contributed by atoms with Gasteiger partial charge < -0.3 is 14.6 Å². The fourth-order valence-corrected chi connectivity index (χ4v) is 3.66. The van der Waals surface area contributed by atoms with Crippen LogP contribution >= 0.6 is 43.6 Å². The summed E-state index contributed by atoms with van der Waals surface area (Å²) >= 11 is 7.26. The van der Waals surface area contributed by atoms with Gasteiger partial charge in [-0.15, -0.1) is 0 Å². The van der Waals surface area contributed by atoms with Crippen LogP contribution in [0.15, 0.2) is 19.9 Å². The molecule has 7 nitrogen and oxygen atoms in total. The largest absolute Gasteiger partial charge is 0.503 e. The number of halogens is 2. The summed E-state index contributed by atoms with van der Waals surface area (Å²) in [6.07, 6.45) is 1.48. The van der Waals surface area contributed by atoms with Gasteiger partial charge in [0.15, 0.2) is 11.5 Å². The molecule has 1 fully saturated rings. The number of phenolic OH excluding ortho intramolecular Hbond substituents is 1. The Hall–Kier alpha value is -1.52. The van der Waals surface area contributed by atoms with Crippen LogP contribution in [0.5, 0.6) is 11.5 Å². The highest BCUT2D eigenvalue weighted by molar-refractivity contribution is 9.13. The van der Waals surface area contributed by atoms with Crippen LogP contribution in [0.3, 0.4) is 0 Å². The van der Waals surface area contributed by atoms with E-state index in [2.05, 4.69) is 31.9 Å². The highest BCUT2D eigenvalue weighted by Gasteiger charge is 2.36. The van der Waals surface area contributed by atoms with Crippen LogP contribution in [0.25, 0.3) is 6.08 Å². The molecule has 0 aliphatic carbocycles. The van der Waals surface area contributed by atoms with Crippen molar-refractivity contribution in [2.24, 2.45) is 0 Å². The Morgan fingerprint density at radius 2 is 2.04 bits per heavy atom. The number of imide groups is 1. The van der Waals surface area contributed by atoms with Crippen molar-refractivity contribution in [2.75, 3.05) is 20.3 Å².